The van der Waals surface area contributed by atoms with Crippen molar-refractivity contribution in [2.45, 2.75) is 20.0 Å². The number of piperazine rings is 1. The van der Waals surface area contributed by atoms with Crippen molar-refractivity contribution >= 4 is 17.4 Å². The second-order valence-corrected chi connectivity index (χ2v) is 6.81. The van der Waals surface area contributed by atoms with Gasteiger partial charge < -0.3 is 19.9 Å². The SMILES string of the molecule is CC(C)Oc1ccccc1NC(=O)c1ccc(N2CCN(C)CC2)nc1. The van der Waals surface area contributed by atoms with E-state index in [4.69, 9.17) is 4.74 Å². The third-order valence-corrected chi connectivity index (χ3v) is 4.34. The number of rotatable bonds is 5. The zero-order chi connectivity index (χ0) is 18.5. The highest BCUT2D eigenvalue weighted by molar-refractivity contribution is 6.04. The Morgan fingerprint density at radius 1 is 1.12 bits per heavy atom. The maximum absolute atomic E-state index is 12.6. The number of para-hydroxylation sites is 2. The number of carbonyl (C=O) groups is 1. The van der Waals surface area contributed by atoms with Crippen LogP contribution < -0.4 is 15.0 Å². The van der Waals surface area contributed by atoms with Gasteiger partial charge in [-0.1, -0.05) is 12.1 Å². The Kier molecular flexibility index (Phi) is 5.73. The lowest BCUT2D eigenvalue weighted by Gasteiger charge is -2.33. The molecule has 138 valence electrons. The van der Waals surface area contributed by atoms with Gasteiger partial charge >= 0.3 is 0 Å². The van der Waals surface area contributed by atoms with E-state index in [1.165, 1.54) is 0 Å². The molecule has 1 aliphatic heterocycles. The summed E-state index contributed by atoms with van der Waals surface area (Å²) < 4.78 is 5.75. The van der Waals surface area contributed by atoms with E-state index in [-0.39, 0.29) is 12.0 Å². The summed E-state index contributed by atoms with van der Waals surface area (Å²) in [5, 5.41) is 2.91. The first kappa shape index (κ1) is 18.2. The molecule has 0 radical (unpaired) electrons. The van der Waals surface area contributed by atoms with Crippen molar-refractivity contribution in [1.29, 1.82) is 0 Å². The Morgan fingerprint density at radius 3 is 2.50 bits per heavy atom. The van der Waals surface area contributed by atoms with Crippen LogP contribution in [0.1, 0.15) is 24.2 Å². The summed E-state index contributed by atoms with van der Waals surface area (Å²) >= 11 is 0. The summed E-state index contributed by atoms with van der Waals surface area (Å²) in [6, 6.07) is 11.2. The van der Waals surface area contributed by atoms with Gasteiger partial charge in [-0.25, -0.2) is 4.98 Å². The number of anilines is 2. The van der Waals surface area contributed by atoms with E-state index in [1.807, 2.05) is 50.2 Å². The van der Waals surface area contributed by atoms with Crippen molar-refractivity contribution in [1.82, 2.24) is 9.88 Å². The fourth-order valence-electron chi connectivity index (χ4n) is 2.86. The first-order chi connectivity index (χ1) is 12.5. The van der Waals surface area contributed by atoms with E-state index in [0.29, 0.717) is 17.0 Å². The molecular formula is C20H26N4O2. The Balaban J connectivity index is 1.67. The predicted octanol–water partition coefficient (Wildman–Crippen LogP) is 2.87. The number of hydrogen-bond donors (Lipinski definition) is 1. The molecule has 1 saturated heterocycles. The van der Waals surface area contributed by atoms with E-state index in [0.717, 1.165) is 32.0 Å². The van der Waals surface area contributed by atoms with Crippen molar-refractivity contribution in [3.63, 3.8) is 0 Å². The first-order valence-corrected chi connectivity index (χ1v) is 8.99. The molecule has 1 fully saturated rings. The molecule has 1 N–H and O–H groups in total. The zero-order valence-electron chi connectivity index (χ0n) is 15.6. The van der Waals surface area contributed by atoms with E-state index in [1.54, 1.807) is 6.20 Å². The highest BCUT2D eigenvalue weighted by Crippen LogP contribution is 2.25. The number of amides is 1. The van der Waals surface area contributed by atoms with Gasteiger partial charge in [-0.3, -0.25) is 4.79 Å². The van der Waals surface area contributed by atoms with Gasteiger partial charge in [0.25, 0.3) is 5.91 Å². The van der Waals surface area contributed by atoms with Gasteiger partial charge in [-0.2, -0.15) is 0 Å². The van der Waals surface area contributed by atoms with E-state index in [2.05, 4.69) is 27.1 Å². The van der Waals surface area contributed by atoms with Crippen LogP contribution in [0.4, 0.5) is 11.5 Å². The lowest BCUT2D eigenvalue weighted by Crippen LogP contribution is -2.44. The van der Waals surface area contributed by atoms with Gasteiger partial charge in [0, 0.05) is 32.4 Å². The topological polar surface area (TPSA) is 57.7 Å². The Morgan fingerprint density at radius 2 is 1.85 bits per heavy atom. The van der Waals surface area contributed by atoms with Crippen LogP contribution in [0.15, 0.2) is 42.6 Å². The smallest absolute Gasteiger partial charge is 0.257 e. The number of likely N-dealkylation sites (N-methyl/N-ethyl adjacent to an activating group) is 1. The highest BCUT2D eigenvalue weighted by atomic mass is 16.5. The second-order valence-electron chi connectivity index (χ2n) is 6.81. The minimum atomic E-state index is -0.192. The third-order valence-electron chi connectivity index (χ3n) is 4.34. The molecular weight excluding hydrogens is 328 g/mol. The normalized spacial score (nSPS) is 15.2. The van der Waals surface area contributed by atoms with Crippen molar-refractivity contribution in [2.24, 2.45) is 0 Å². The number of pyridine rings is 1. The number of hydrogen-bond acceptors (Lipinski definition) is 5. The molecule has 1 aliphatic rings. The Hall–Kier alpha value is -2.60. The second kappa shape index (κ2) is 8.19. The molecule has 0 atom stereocenters. The van der Waals surface area contributed by atoms with Crippen LogP contribution in [0.5, 0.6) is 5.75 Å². The minimum Gasteiger partial charge on any atom is -0.489 e. The van der Waals surface area contributed by atoms with Crippen LogP contribution in [0, 0.1) is 0 Å². The number of carbonyl (C=O) groups excluding carboxylic acids is 1. The summed E-state index contributed by atoms with van der Waals surface area (Å²) in [7, 11) is 2.12. The molecule has 6 heteroatoms. The molecule has 26 heavy (non-hydrogen) atoms. The van der Waals surface area contributed by atoms with Gasteiger partial charge in [-0.15, -0.1) is 0 Å². The summed E-state index contributed by atoms with van der Waals surface area (Å²) in [6.45, 7) is 7.87. The Labute approximate surface area is 154 Å². The third kappa shape index (κ3) is 4.52. The summed E-state index contributed by atoms with van der Waals surface area (Å²) in [6.07, 6.45) is 1.67. The maximum atomic E-state index is 12.6. The number of benzene rings is 1. The minimum absolute atomic E-state index is 0.0394. The highest BCUT2D eigenvalue weighted by Gasteiger charge is 2.16. The average molecular weight is 354 g/mol. The molecule has 0 spiro atoms. The zero-order valence-corrected chi connectivity index (χ0v) is 15.6. The van der Waals surface area contributed by atoms with Gasteiger partial charge in [-0.05, 0) is 45.2 Å². The first-order valence-electron chi connectivity index (χ1n) is 8.99. The van der Waals surface area contributed by atoms with Gasteiger partial charge in [0.05, 0.1) is 17.4 Å². The largest absolute Gasteiger partial charge is 0.489 e. The molecule has 0 bridgehead atoms. The molecule has 2 heterocycles. The molecule has 1 aromatic heterocycles. The number of nitrogens with one attached hydrogen (secondary N) is 1. The monoisotopic (exact) mass is 354 g/mol. The quantitative estimate of drug-likeness (QED) is 0.895. The van der Waals surface area contributed by atoms with E-state index < -0.39 is 0 Å². The number of aromatic nitrogens is 1. The van der Waals surface area contributed by atoms with Gasteiger partial charge in [0.15, 0.2) is 0 Å². The van der Waals surface area contributed by atoms with Crippen molar-refractivity contribution in [3.05, 3.63) is 48.2 Å². The van der Waals surface area contributed by atoms with Crippen molar-refractivity contribution in [2.75, 3.05) is 43.4 Å². The van der Waals surface area contributed by atoms with E-state index in [9.17, 15) is 4.79 Å². The molecule has 0 aliphatic carbocycles. The van der Waals surface area contributed by atoms with Gasteiger partial charge in [0.1, 0.15) is 11.6 Å². The van der Waals surface area contributed by atoms with Crippen LogP contribution in [-0.2, 0) is 0 Å². The van der Waals surface area contributed by atoms with Gasteiger partial charge in [0.2, 0.25) is 0 Å². The number of nitrogens with zero attached hydrogens (tertiary/aromatic N) is 3. The number of ether oxygens (including phenoxy) is 1. The van der Waals surface area contributed by atoms with Crippen molar-refractivity contribution in [3.8, 4) is 5.75 Å². The average Bonchev–Trinajstić information content (AvgIpc) is 2.64. The molecule has 3 rings (SSSR count). The molecule has 1 aromatic carbocycles. The fourth-order valence-corrected chi connectivity index (χ4v) is 2.86. The molecule has 1 amide bonds. The van der Waals surface area contributed by atoms with Crippen LogP contribution >= 0.6 is 0 Å². The van der Waals surface area contributed by atoms with Crippen LogP contribution in [0.25, 0.3) is 0 Å². The van der Waals surface area contributed by atoms with E-state index >= 15 is 0 Å². The molecule has 6 nitrogen and oxygen atoms in total. The lowest BCUT2D eigenvalue weighted by atomic mass is 10.2. The van der Waals surface area contributed by atoms with Crippen molar-refractivity contribution < 1.29 is 9.53 Å². The molecule has 2 aromatic rings. The maximum Gasteiger partial charge on any atom is 0.257 e. The summed E-state index contributed by atoms with van der Waals surface area (Å²) in [4.78, 5) is 21.6. The Bertz CT molecular complexity index is 738. The molecule has 0 saturated carbocycles. The summed E-state index contributed by atoms with van der Waals surface area (Å²) in [5.74, 6) is 1.39. The van der Waals surface area contributed by atoms with Crippen LogP contribution in [0.2, 0.25) is 0 Å². The fraction of sp³-hybridized carbons (Fsp3) is 0.400. The predicted molar refractivity (Wildman–Crippen MR) is 104 cm³/mol. The van der Waals surface area contributed by atoms with Crippen LogP contribution in [-0.4, -0.2) is 55.1 Å². The van der Waals surface area contributed by atoms with Crippen LogP contribution in [0.3, 0.4) is 0 Å². The lowest BCUT2D eigenvalue weighted by molar-refractivity contribution is 0.102. The molecule has 0 unspecified atom stereocenters. The summed E-state index contributed by atoms with van der Waals surface area (Å²) in [5.41, 5.74) is 1.19. The standard InChI is InChI=1S/C20H26N4O2/c1-15(2)26-18-7-5-4-6-17(18)22-20(25)16-8-9-19(21-14-16)24-12-10-23(3)11-13-24/h4-9,14-15H,10-13H2,1-3H3,(H,22,25).